The summed E-state index contributed by atoms with van der Waals surface area (Å²) in [6, 6.07) is 60.0. The van der Waals surface area contributed by atoms with E-state index in [1.54, 1.807) is 0 Å². The number of aromatic nitrogens is 4. The molecule has 7 aromatic carbocycles. The monoisotopic (exact) mass is 1020 g/mol. The zero-order chi connectivity index (χ0) is 51.8. The van der Waals surface area contributed by atoms with Gasteiger partial charge in [-0.3, -0.25) is 4.18 Å². The Bertz CT molecular complexity index is 3540. The van der Waals surface area contributed by atoms with Crippen molar-refractivity contribution in [1.82, 2.24) is 9.13 Å². The minimum atomic E-state index is -5.60. The van der Waals surface area contributed by atoms with Gasteiger partial charge in [-0.05, 0) is 97.7 Å². The van der Waals surface area contributed by atoms with Gasteiger partial charge in [0.25, 0.3) is 6.34 Å². The zero-order valence-corrected chi connectivity index (χ0v) is 43.0. The summed E-state index contributed by atoms with van der Waals surface area (Å²) in [6.45, 7) is 3.52. The quantitative estimate of drug-likeness (QED) is 0.0658. The highest BCUT2D eigenvalue weighted by Crippen LogP contribution is 2.61. The Hall–Kier alpha value is -7.44. The number of anilines is 1. The second-order valence-electron chi connectivity index (χ2n) is 20.7. The number of aryl methyl sites for hydroxylation is 2. The maximum absolute atomic E-state index is 12.7. The van der Waals surface area contributed by atoms with Crippen LogP contribution in [0.1, 0.15) is 81.5 Å². The summed E-state index contributed by atoms with van der Waals surface area (Å²) in [5.41, 5.74) is 12.5. The molecule has 4 bridgehead atoms. The average molecular weight is 1020 g/mol. The third kappa shape index (κ3) is 8.23. The number of imidazole rings is 2. The van der Waals surface area contributed by atoms with E-state index in [1.165, 1.54) is 55.4 Å². The van der Waals surface area contributed by atoms with Crippen molar-refractivity contribution < 1.29 is 34.9 Å². The Morgan fingerprint density at radius 1 is 0.533 bits per heavy atom. The summed E-state index contributed by atoms with van der Waals surface area (Å²) in [6.07, 6.45) is 8.17. The molecule has 2 aromatic heterocycles. The number of rotatable bonds is 8. The second-order valence-corrected chi connectivity index (χ2v) is 22.3. The first-order valence-corrected chi connectivity index (χ1v) is 27.2. The molecule has 9 nitrogen and oxygen atoms in total. The van der Waals surface area contributed by atoms with Gasteiger partial charge in [-0.25, -0.2) is 18.3 Å². The highest BCUT2D eigenvalue weighted by atomic mass is 32.2. The summed E-state index contributed by atoms with van der Waals surface area (Å²) >= 11 is 0. The number of benzene rings is 7. The summed E-state index contributed by atoms with van der Waals surface area (Å²) in [7, 11) is 0.673. The molecule has 0 unspecified atom stereocenters. The van der Waals surface area contributed by atoms with Gasteiger partial charge in [0.2, 0.25) is 24.0 Å². The van der Waals surface area contributed by atoms with Gasteiger partial charge in [0.05, 0.1) is 40.8 Å². The van der Waals surface area contributed by atoms with Crippen LogP contribution in [-0.4, -0.2) is 43.1 Å². The molecule has 0 saturated heterocycles. The molecule has 1 aliphatic heterocycles. The Morgan fingerprint density at radius 3 is 1.29 bits per heavy atom. The standard InChI is InChI=1S/C34H32N4.C20H19F3O3S.C8H7N2/c1-35-21-37(31-17-9-7-15-29(31)35)19-27-28(20-38-22-36(2)30-16-8-10-18-32(30)38)34-25-13-5-3-11-23(25)33(27)24-12-4-6-14-26(24)34;1-2-12-17(11-26-27(24,25)20(21,22)23)19-15-9-5-3-7-13(15)18(12)14-8-4-6-10-16(14)19;1-10-6-9-7-4-2-3-5-8(7)10/h3-18,21-22,27-28,33-34H,19-20H2,1-2H3;3-10,12,17-19H,2,11H2,1H3;2-5H,1H3/q+2;;+1/t27-,28-,33?,34?;12-,17-,18?,19?;/m00./s1. The molecule has 0 N–H and O–H groups in total. The van der Waals surface area contributed by atoms with Gasteiger partial charge in [0.15, 0.2) is 22.1 Å². The molecule has 6 aliphatic carbocycles. The number of hydrogen-bond donors (Lipinski definition) is 0. The predicted molar refractivity (Wildman–Crippen MR) is 286 cm³/mol. The van der Waals surface area contributed by atoms with E-state index in [4.69, 9.17) is 0 Å². The number of halogens is 3. The molecule has 9 aromatic rings. The van der Waals surface area contributed by atoms with E-state index in [-0.39, 0.29) is 23.7 Å². The number of alkyl halides is 3. The fourth-order valence-corrected chi connectivity index (χ4v) is 14.2. The highest BCUT2D eigenvalue weighted by Gasteiger charge is 2.53. The molecule has 7 aliphatic rings. The van der Waals surface area contributed by atoms with E-state index < -0.39 is 22.2 Å². The van der Waals surface area contributed by atoms with Gasteiger partial charge in [-0.1, -0.05) is 135 Å². The van der Waals surface area contributed by atoms with Crippen LogP contribution < -0.4 is 14.0 Å². The van der Waals surface area contributed by atoms with Crippen molar-refractivity contribution in [2.45, 2.75) is 55.6 Å². The first kappa shape index (κ1) is 48.5. The van der Waals surface area contributed by atoms with Gasteiger partial charge >= 0.3 is 15.6 Å². The lowest BCUT2D eigenvalue weighted by atomic mass is 9.54. The van der Waals surface area contributed by atoms with Crippen molar-refractivity contribution >= 4 is 49.9 Å². The maximum atomic E-state index is 12.7. The van der Waals surface area contributed by atoms with Crippen LogP contribution >= 0.6 is 0 Å². The molecule has 0 amide bonds. The largest absolute Gasteiger partial charge is 0.523 e. The normalized spacial score (nSPS) is 22.3. The van der Waals surface area contributed by atoms with Crippen LogP contribution in [0.25, 0.3) is 22.1 Å². The van der Waals surface area contributed by atoms with Crippen molar-refractivity contribution in [2.75, 3.05) is 18.6 Å². The summed E-state index contributed by atoms with van der Waals surface area (Å²) < 4.78 is 75.1. The number of nitrogens with zero attached hydrogens (tertiary/aromatic N) is 6. The van der Waals surface area contributed by atoms with Crippen LogP contribution in [0.15, 0.2) is 188 Å². The Balaban J connectivity index is 0.000000133. The smallest absolute Gasteiger partial charge is 0.263 e. The van der Waals surface area contributed by atoms with Crippen molar-refractivity contribution in [2.24, 2.45) is 42.8 Å². The molecule has 75 heavy (non-hydrogen) atoms. The van der Waals surface area contributed by atoms with E-state index in [2.05, 4.69) is 170 Å². The lowest BCUT2D eigenvalue weighted by Crippen LogP contribution is -2.43. The first-order chi connectivity index (χ1) is 36.3. The number of fused-ring (bicyclic) bond motifs is 5. The van der Waals surface area contributed by atoms with Crippen molar-refractivity contribution in [3.05, 3.63) is 227 Å². The predicted octanol–water partition coefficient (Wildman–Crippen LogP) is 11.9. The number of hydrogen-bond acceptors (Lipinski definition) is 5. The third-order valence-corrected chi connectivity index (χ3v) is 17.8. The topological polar surface area (TPSA) is 76.6 Å². The van der Waals surface area contributed by atoms with E-state index in [0.717, 1.165) is 42.0 Å². The molecule has 0 spiro atoms. The van der Waals surface area contributed by atoms with Crippen molar-refractivity contribution in [3.8, 4) is 0 Å². The fourth-order valence-electron chi connectivity index (χ4n) is 13.7. The Labute approximate surface area is 435 Å². The van der Waals surface area contributed by atoms with Crippen LogP contribution in [0, 0.1) is 23.7 Å². The third-order valence-electron chi connectivity index (χ3n) is 16.8. The van der Waals surface area contributed by atoms with Crippen LogP contribution in [0.2, 0.25) is 0 Å². The molecule has 3 heterocycles. The van der Waals surface area contributed by atoms with Crippen LogP contribution in [-0.2, 0) is 41.5 Å². The minimum Gasteiger partial charge on any atom is -0.263 e. The van der Waals surface area contributed by atoms with Crippen molar-refractivity contribution in [3.63, 3.8) is 0 Å². The van der Waals surface area contributed by atoms with Crippen LogP contribution in [0.4, 0.5) is 24.5 Å². The molecule has 0 fully saturated rings. The summed E-state index contributed by atoms with van der Waals surface area (Å²) in [4.78, 5) is 5.94. The zero-order valence-electron chi connectivity index (χ0n) is 42.2. The van der Waals surface area contributed by atoms with E-state index in [0.29, 0.717) is 23.7 Å². The molecule has 13 heteroatoms. The Morgan fingerprint density at radius 2 is 0.893 bits per heavy atom. The molecule has 378 valence electrons. The fraction of sp³-hybridized carbons (Fsp3) is 0.274. The van der Waals surface area contributed by atoms with Crippen LogP contribution in [0.3, 0.4) is 0 Å². The van der Waals surface area contributed by atoms with Gasteiger partial charge in [-0.15, -0.1) is 0 Å². The Kier molecular flexibility index (Phi) is 12.3. The lowest BCUT2D eigenvalue weighted by Gasteiger charge is -2.50. The summed E-state index contributed by atoms with van der Waals surface area (Å²) in [5.74, 6) is 1.29. The molecular weight excluding hydrogens is 966 g/mol. The molecule has 4 atom stereocenters. The highest BCUT2D eigenvalue weighted by molar-refractivity contribution is 7.87. The van der Waals surface area contributed by atoms with Gasteiger partial charge in [-0.2, -0.15) is 26.5 Å². The minimum absolute atomic E-state index is 0.0169. The molecular formula is C62H58F3N6O3S+3. The number of aliphatic imine (C=N–C) groups is 1. The SMILES string of the molecule is CC[C@@H]1C2c3ccccc3C(c3ccccc32)[C@H]1COS(=O)(=O)C(F)(F)F.CN1[C+]=Nc2ccccc21.C[n+]1cn(C[C@@H]2C3c4ccccc4C(c4ccccc43)[C@H]2Cn2c[n+](C)c3ccccc32)c2ccccc21. The molecule has 0 radical (unpaired) electrons. The maximum Gasteiger partial charge on any atom is 0.523 e. The van der Waals surface area contributed by atoms with Crippen LogP contribution in [0.5, 0.6) is 0 Å². The number of para-hydroxylation sites is 6. The second kappa shape index (κ2) is 19.0. The molecule has 0 saturated carbocycles. The first-order valence-electron chi connectivity index (χ1n) is 25.8. The van der Waals surface area contributed by atoms with E-state index in [1.807, 2.05) is 79.5 Å². The van der Waals surface area contributed by atoms with E-state index in [9.17, 15) is 21.6 Å². The average Bonchev–Trinajstić information content (AvgIpc) is 4.10. The molecule has 16 rings (SSSR count). The van der Waals surface area contributed by atoms with Gasteiger partial charge < -0.3 is 0 Å². The lowest BCUT2D eigenvalue weighted by molar-refractivity contribution is -0.646. The van der Waals surface area contributed by atoms with E-state index >= 15 is 0 Å². The van der Waals surface area contributed by atoms with Crippen molar-refractivity contribution in [1.29, 1.82) is 0 Å². The van der Waals surface area contributed by atoms with Gasteiger partial charge in [0, 0.05) is 47.6 Å². The van der Waals surface area contributed by atoms with Gasteiger partial charge in [0.1, 0.15) is 0 Å². The summed E-state index contributed by atoms with van der Waals surface area (Å²) in [5, 5.41) is 0.